The predicted molar refractivity (Wildman–Crippen MR) is 135 cm³/mol. The number of nitrogens with zero attached hydrogens (tertiary/aromatic N) is 4. The van der Waals surface area contributed by atoms with Gasteiger partial charge in [-0.05, 0) is 67.9 Å². The largest absolute Gasteiger partial charge is 0.325 e. The first-order valence-electron chi connectivity index (χ1n) is 11.4. The fourth-order valence-electron chi connectivity index (χ4n) is 4.09. The van der Waals surface area contributed by atoms with E-state index in [1.54, 1.807) is 65.5 Å². The topological polar surface area (TPSA) is 134 Å². The Morgan fingerprint density at radius 3 is 2.61 bits per heavy atom. The molecule has 3 N–H and O–H groups in total. The number of ketones is 1. The van der Waals surface area contributed by atoms with E-state index in [0.717, 1.165) is 5.69 Å². The zero-order valence-corrected chi connectivity index (χ0v) is 19.6. The van der Waals surface area contributed by atoms with Crippen molar-refractivity contribution in [1.29, 1.82) is 0 Å². The molecule has 2 amide bonds. The molecule has 5 rings (SSSR count). The summed E-state index contributed by atoms with van der Waals surface area (Å²) in [6, 6.07) is 15.2. The molecule has 0 spiro atoms. The summed E-state index contributed by atoms with van der Waals surface area (Å²) in [6.45, 7) is 4.34. The lowest BCUT2D eigenvalue weighted by Crippen LogP contribution is -2.17. The first kappa shape index (κ1) is 22.9. The monoisotopic (exact) mass is 481 g/mol. The van der Waals surface area contributed by atoms with Crippen LogP contribution in [0.25, 0.3) is 0 Å². The van der Waals surface area contributed by atoms with Gasteiger partial charge < -0.3 is 10.6 Å². The molecule has 180 valence electrons. The average molecular weight is 482 g/mol. The molecule has 36 heavy (non-hydrogen) atoms. The molecule has 0 fully saturated rings. The van der Waals surface area contributed by atoms with Crippen molar-refractivity contribution in [3.63, 3.8) is 0 Å². The Hall–Kier alpha value is -4.86. The van der Waals surface area contributed by atoms with Crippen molar-refractivity contribution in [2.45, 2.75) is 26.3 Å². The van der Waals surface area contributed by atoms with E-state index in [4.69, 9.17) is 0 Å². The molecular weight excluding hydrogens is 458 g/mol. The van der Waals surface area contributed by atoms with Gasteiger partial charge in [0, 0.05) is 41.3 Å². The Labute approximate surface area is 206 Å². The number of fused-ring (bicyclic) bond motifs is 1. The molecule has 3 heterocycles. The number of carbonyl (C=O) groups is 3. The van der Waals surface area contributed by atoms with Crippen LogP contribution in [0.3, 0.4) is 0 Å². The van der Waals surface area contributed by atoms with E-state index in [2.05, 4.69) is 30.9 Å². The number of aromatic nitrogens is 4. The Morgan fingerprint density at radius 2 is 1.89 bits per heavy atom. The average Bonchev–Trinajstić information content (AvgIpc) is 3.61. The maximum absolute atomic E-state index is 13.2. The minimum atomic E-state index is -0.617. The molecule has 10 nitrogen and oxygen atoms in total. The van der Waals surface area contributed by atoms with Gasteiger partial charge in [-0.25, -0.2) is 4.99 Å². The van der Waals surface area contributed by atoms with Crippen molar-refractivity contribution in [3.8, 4) is 0 Å². The van der Waals surface area contributed by atoms with E-state index in [0.29, 0.717) is 46.1 Å². The number of rotatable bonds is 7. The van der Waals surface area contributed by atoms with Crippen LogP contribution < -0.4 is 10.6 Å². The summed E-state index contributed by atoms with van der Waals surface area (Å²) >= 11 is 0. The zero-order valence-electron chi connectivity index (χ0n) is 19.6. The van der Waals surface area contributed by atoms with Crippen LogP contribution in [0, 0.1) is 6.92 Å². The molecule has 10 heteroatoms. The molecule has 0 saturated heterocycles. The quantitative estimate of drug-likeness (QED) is 0.272. The Morgan fingerprint density at radius 1 is 1.11 bits per heavy atom. The van der Waals surface area contributed by atoms with Crippen molar-refractivity contribution >= 4 is 41.0 Å². The number of nitrogens with one attached hydrogen (secondary N) is 3. The van der Waals surface area contributed by atoms with Gasteiger partial charge in [-0.2, -0.15) is 10.2 Å². The third-order valence-corrected chi connectivity index (χ3v) is 5.88. The molecule has 0 saturated carbocycles. The molecule has 1 atom stereocenters. The van der Waals surface area contributed by atoms with E-state index in [9.17, 15) is 14.4 Å². The number of aliphatic imine (C=N–C) groups is 1. The minimum absolute atomic E-state index is 0.195. The van der Waals surface area contributed by atoms with Crippen LogP contribution in [0.2, 0.25) is 0 Å². The lowest BCUT2D eigenvalue weighted by Gasteiger charge is -2.09. The van der Waals surface area contributed by atoms with Gasteiger partial charge in [0.05, 0.1) is 11.9 Å². The summed E-state index contributed by atoms with van der Waals surface area (Å²) in [4.78, 5) is 42.5. The van der Waals surface area contributed by atoms with E-state index < -0.39 is 5.92 Å². The van der Waals surface area contributed by atoms with Gasteiger partial charge in [0.1, 0.15) is 17.4 Å². The molecule has 0 bridgehead atoms. The Balaban J connectivity index is 1.32. The summed E-state index contributed by atoms with van der Waals surface area (Å²) < 4.78 is 1.64. The Kier molecular flexibility index (Phi) is 5.99. The second kappa shape index (κ2) is 9.41. The first-order chi connectivity index (χ1) is 17.4. The second-order valence-electron chi connectivity index (χ2n) is 8.34. The summed E-state index contributed by atoms with van der Waals surface area (Å²) in [5, 5.41) is 16.5. The third-order valence-electron chi connectivity index (χ3n) is 5.88. The van der Waals surface area contributed by atoms with Crippen molar-refractivity contribution in [2.24, 2.45) is 4.99 Å². The van der Waals surface area contributed by atoms with Gasteiger partial charge in [-0.1, -0.05) is 0 Å². The van der Waals surface area contributed by atoms with Crippen LogP contribution in [0.15, 0.2) is 65.8 Å². The summed E-state index contributed by atoms with van der Waals surface area (Å²) in [5.74, 6) is -0.759. The molecule has 1 aliphatic rings. The summed E-state index contributed by atoms with van der Waals surface area (Å²) in [5.41, 5.74) is 4.05. The van der Waals surface area contributed by atoms with E-state index in [1.165, 1.54) is 6.21 Å². The van der Waals surface area contributed by atoms with Crippen LogP contribution in [0.4, 0.5) is 17.2 Å². The van der Waals surface area contributed by atoms with Crippen LogP contribution in [0.5, 0.6) is 0 Å². The fraction of sp³-hybridized carbons (Fsp3) is 0.154. The molecular formula is C26H23N7O3. The SMILES string of the molecule is CCn1nc(C)cc1C(=O)Nc1ccc(C(=O)c2ccc3c(c2)C(C=Nc2ccn[nH]2)C(=O)N3)cc1. The number of hydrogen-bond donors (Lipinski definition) is 3. The smallest absolute Gasteiger partial charge is 0.273 e. The van der Waals surface area contributed by atoms with Gasteiger partial charge in [0.2, 0.25) is 5.91 Å². The maximum atomic E-state index is 13.2. The predicted octanol–water partition coefficient (Wildman–Crippen LogP) is 3.86. The van der Waals surface area contributed by atoms with Gasteiger partial charge in [-0.15, -0.1) is 0 Å². The summed E-state index contributed by atoms with van der Waals surface area (Å²) in [7, 11) is 0. The number of H-pyrrole nitrogens is 1. The van der Waals surface area contributed by atoms with Gasteiger partial charge in [0.15, 0.2) is 5.78 Å². The first-order valence-corrected chi connectivity index (χ1v) is 11.4. The highest BCUT2D eigenvalue weighted by Crippen LogP contribution is 2.33. The molecule has 1 aliphatic heterocycles. The highest BCUT2D eigenvalue weighted by molar-refractivity contribution is 6.15. The van der Waals surface area contributed by atoms with Crippen molar-refractivity contribution in [2.75, 3.05) is 10.6 Å². The van der Waals surface area contributed by atoms with Crippen molar-refractivity contribution < 1.29 is 14.4 Å². The van der Waals surface area contributed by atoms with Crippen LogP contribution in [0.1, 0.15) is 50.5 Å². The van der Waals surface area contributed by atoms with Gasteiger partial charge in [-0.3, -0.25) is 24.2 Å². The van der Waals surface area contributed by atoms with Crippen LogP contribution in [-0.4, -0.2) is 43.8 Å². The minimum Gasteiger partial charge on any atom is -0.325 e. The number of hydrogen-bond acceptors (Lipinski definition) is 6. The lowest BCUT2D eigenvalue weighted by molar-refractivity contribution is -0.115. The molecule has 2 aromatic heterocycles. The number of amides is 2. The van der Waals surface area contributed by atoms with E-state index in [1.807, 2.05) is 13.8 Å². The highest BCUT2D eigenvalue weighted by Gasteiger charge is 2.30. The second-order valence-corrected chi connectivity index (χ2v) is 8.34. The van der Waals surface area contributed by atoms with E-state index in [-0.39, 0.29) is 17.6 Å². The van der Waals surface area contributed by atoms with Crippen LogP contribution in [-0.2, 0) is 11.3 Å². The summed E-state index contributed by atoms with van der Waals surface area (Å²) in [6.07, 6.45) is 3.11. The van der Waals surface area contributed by atoms with Crippen molar-refractivity contribution in [3.05, 3.63) is 88.9 Å². The number of aromatic amines is 1. The number of benzene rings is 2. The van der Waals surface area contributed by atoms with Gasteiger partial charge in [0.25, 0.3) is 5.91 Å². The number of anilines is 2. The van der Waals surface area contributed by atoms with Crippen molar-refractivity contribution in [1.82, 2.24) is 20.0 Å². The maximum Gasteiger partial charge on any atom is 0.273 e. The molecule has 2 aromatic carbocycles. The number of carbonyl (C=O) groups excluding carboxylic acids is 3. The fourth-order valence-corrected chi connectivity index (χ4v) is 4.09. The normalized spacial score (nSPS) is 14.6. The zero-order chi connectivity index (χ0) is 25.2. The van der Waals surface area contributed by atoms with Crippen LogP contribution >= 0.6 is 0 Å². The molecule has 1 unspecified atom stereocenters. The molecule has 0 radical (unpaired) electrons. The lowest BCUT2D eigenvalue weighted by atomic mass is 9.96. The van der Waals surface area contributed by atoms with Gasteiger partial charge >= 0.3 is 0 Å². The standard InChI is InChI=1S/C26H23N7O3/c1-3-33-22(12-15(2)32-33)26(36)29-18-7-4-16(5-8-18)24(34)17-6-9-21-19(13-17)20(25(35)30-21)14-27-23-10-11-28-31-23/h4-14,20H,3H2,1-2H3,(H,28,31)(H,29,36)(H,30,35). The molecule has 0 aliphatic carbocycles. The molecule has 4 aromatic rings. The third kappa shape index (κ3) is 4.43. The Bertz CT molecular complexity index is 1480. The highest BCUT2D eigenvalue weighted by atomic mass is 16.2. The number of aryl methyl sites for hydroxylation is 2. The van der Waals surface area contributed by atoms with E-state index >= 15 is 0 Å².